The molecule has 3 aromatic carbocycles. The number of esters is 1. The molecule has 59 heavy (non-hydrogen) atoms. The summed E-state index contributed by atoms with van der Waals surface area (Å²) in [4.78, 5) is 13.2. The van der Waals surface area contributed by atoms with Gasteiger partial charge in [0.05, 0.1) is 32.5 Å². The van der Waals surface area contributed by atoms with E-state index in [1.54, 1.807) is 27.2 Å². The molecule has 0 unspecified atom stereocenters. The maximum atomic E-state index is 13.2. The number of aliphatic hydroxyl groups is 1. The highest BCUT2D eigenvalue weighted by atomic mass is 28.4. The van der Waals surface area contributed by atoms with Gasteiger partial charge >= 0.3 is 5.97 Å². The zero-order valence-electron chi connectivity index (χ0n) is 36.7. The van der Waals surface area contributed by atoms with Crippen molar-refractivity contribution in [3.63, 3.8) is 0 Å². The molecular weight excluding hydrogens is 757 g/mol. The van der Waals surface area contributed by atoms with Crippen molar-refractivity contribution in [1.82, 2.24) is 0 Å². The second-order valence-electron chi connectivity index (χ2n) is 16.5. The summed E-state index contributed by atoms with van der Waals surface area (Å²) in [5, 5.41) is 14.2. The number of allylic oxidation sites excluding steroid dienone is 3. The van der Waals surface area contributed by atoms with Gasteiger partial charge in [-0.05, 0) is 115 Å². The first kappa shape index (κ1) is 47.6. The molecule has 1 N–H and O–H groups in total. The normalized spacial score (nSPS) is 18.3. The van der Waals surface area contributed by atoms with Crippen molar-refractivity contribution in [3.05, 3.63) is 138 Å². The van der Waals surface area contributed by atoms with Crippen LogP contribution in [0.5, 0.6) is 5.75 Å². The quantitative estimate of drug-likeness (QED) is 0.0193. The zero-order valence-corrected chi connectivity index (χ0v) is 37.7. The Hall–Kier alpha value is -4.09. The van der Waals surface area contributed by atoms with E-state index in [9.17, 15) is 9.90 Å². The van der Waals surface area contributed by atoms with Crippen LogP contribution in [0.25, 0.3) is 0 Å². The van der Waals surface area contributed by atoms with E-state index < -0.39 is 20.4 Å². The largest absolute Gasteiger partial charge is 0.497 e. The molecule has 0 fully saturated rings. The molecule has 1 aliphatic carbocycles. The van der Waals surface area contributed by atoms with Crippen molar-refractivity contribution in [3.8, 4) is 5.75 Å². The molecule has 0 radical (unpaired) electrons. The van der Waals surface area contributed by atoms with Gasteiger partial charge in [0.1, 0.15) is 12.5 Å². The lowest BCUT2D eigenvalue weighted by Gasteiger charge is -2.43. The minimum absolute atomic E-state index is 0.0302. The van der Waals surface area contributed by atoms with Gasteiger partial charge in [-0.25, -0.2) is 4.79 Å². The number of carbonyl (C=O) groups is 1. The number of carbonyl (C=O) groups excluding carboxylic acids is 1. The van der Waals surface area contributed by atoms with Crippen molar-refractivity contribution in [2.24, 2.45) is 11.8 Å². The molecule has 3 aromatic rings. The molecule has 0 spiro atoms. The summed E-state index contributed by atoms with van der Waals surface area (Å²) < 4.78 is 35.8. The van der Waals surface area contributed by atoms with Crippen molar-refractivity contribution in [2.75, 3.05) is 40.8 Å². The third-order valence-electron chi connectivity index (χ3n) is 11.2. The number of hydrogen-bond acceptors (Lipinski definition) is 8. The highest BCUT2D eigenvalue weighted by molar-refractivity contribution is 6.99. The molecule has 0 aliphatic heterocycles. The van der Waals surface area contributed by atoms with E-state index >= 15 is 0 Å². The van der Waals surface area contributed by atoms with Crippen LogP contribution in [0.1, 0.15) is 79.2 Å². The van der Waals surface area contributed by atoms with Crippen molar-refractivity contribution >= 4 is 24.7 Å². The molecule has 1 aliphatic rings. The molecule has 9 heteroatoms. The van der Waals surface area contributed by atoms with Crippen molar-refractivity contribution in [2.45, 2.75) is 97.5 Å². The smallest absolute Gasteiger partial charge is 0.331 e. The van der Waals surface area contributed by atoms with Crippen LogP contribution in [0.2, 0.25) is 5.04 Å². The second kappa shape index (κ2) is 23.6. The molecular formula is C50H68O8Si. The Morgan fingerprint density at radius 1 is 0.932 bits per heavy atom. The van der Waals surface area contributed by atoms with Crippen LogP contribution in [0.4, 0.5) is 0 Å². The summed E-state index contributed by atoms with van der Waals surface area (Å²) in [5.41, 5.74) is 4.87. The van der Waals surface area contributed by atoms with Crippen LogP contribution in [-0.2, 0) is 34.8 Å². The lowest BCUT2D eigenvalue weighted by atomic mass is 9.72. The third-order valence-corrected chi connectivity index (χ3v) is 16.3. The van der Waals surface area contributed by atoms with E-state index in [4.69, 9.17) is 28.1 Å². The standard InChI is InChI=1S/C50H68O8Si/c1-10-56-48(52)33-40(18-17-30-55-35-39-24-26-43(54-9)27-25-39)41(32-42(51)34-47-46(37(2)3)28-23-38(4)49(47)57-36-53-8)29-31-58-59(50(5,6)7,44-19-13-11-14-20-44)45-21-15-12-16-22-45/h11-16,19-27,32-33,42,46-47,49,51H,2,10,17-18,28-31,34-36H2,1,3-9H3/b40-33+,41-32+/t42-,46+,47+,49+/m1/s1. The van der Waals surface area contributed by atoms with Gasteiger partial charge < -0.3 is 33.2 Å². The third kappa shape index (κ3) is 13.5. The summed E-state index contributed by atoms with van der Waals surface area (Å²) in [7, 11) is 0.399. The molecule has 0 saturated carbocycles. The number of aliphatic hydroxyl groups excluding tert-OH is 1. The fourth-order valence-electron chi connectivity index (χ4n) is 8.34. The minimum Gasteiger partial charge on any atom is -0.497 e. The van der Waals surface area contributed by atoms with Gasteiger partial charge in [-0.2, -0.15) is 0 Å². The Morgan fingerprint density at radius 3 is 2.14 bits per heavy atom. The number of ether oxygens (including phenoxy) is 5. The lowest BCUT2D eigenvalue weighted by Crippen LogP contribution is -2.66. The van der Waals surface area contributed by atoms with Gasteiger partial charge in [-0.15, -0.1) is 0 Å². The van der Waals surface area contributed by atoms with E-state index in [0.29, 0.717) is 45.5 Å². The summed E-state index contributed by atoms with van der Waals surface area (Å²) >= 11 is 0. The summed E-state index contributed by atoms with van der Waals surface area (Å²) in [6.07, 6.45) is 7.58. The lowest BCUT2D eigenvalue weighted by molar-refractivity contribution is -0.137. The average Bonchev–Trinajstić information content (AvgIpc) is 3.21. The van der Waals surface area contributed by atoms with Crippen LogP contribution >= 0.6 is 0 Å². The number of methoxy groups -OCH3 is 2. The molecule has 0 aromatic heterocycles. The predicted octanol–water partition coefficient (Wildman–Crippen LogP) is 9.27. The molecule has 0 bridgehead atoms. The number of rotatable bonds is 23. The van der Waals surface area contributed by atoms with Crippen LogP contribution in [-0.4, -0.2) is 72.4 Å². The van der Waals surface area contributed by atoms with E-state index in [1.165, 1.54) is 10.4 Å². The van der Waals surface area contributed by atoms with Gasteiger partial charge in [0.15, 0.2) is 0 Å². The predicted molar refractivity (Wildman–Crippen MR) is 240 cm³/mol. The Bertz CT molecular complexity index is 1790. The molecule has 4 rings (SSSR count). The van der Waals surface area contributed by atoms with Crippen LogP contribution in [0.3, 0.4) is 0 Å². The summed E-state index contributed by atoms with van der Waals surface area (Å²) in [5.74, 6) is 0.477. The molecule has 320 valence electrons. The Labute approximate surface area is 355 Å². The van der Waals surface area contributed by atoms with E-state index in [2.05, 4.69) is 88.9 Å². The van der Waals surface area contributed by atoms with Gasteiger partial charge in [-0.3, -0.25) is 0 Å². The van der Waals surface area contributed by atoms with Crippen LogP contribution in [0, 0.1) is 11.8 Å². The topological polar surface area (TPSA) is 92.7 Å². The first-order valence-electron chi connectivity index (χ1n) is 21.0. The summed E-state index contributed by atoms with van der Waals surface area (Å²) in [6, 6.07) is 29.0. The number of hydrogen-bond donors (Lipinski definition) is 1. The fourth-order valence-corrected chi connectivity index (χ4v) is 12.9. The molecule has 8 nitrogen and oxygen atoms in total. The van der Waals surface area contributed by atoms with Gasteiger partial charge in [0.2, 0.25) is 0 Å². The van der Waals surface area contributed by atoms with E-state index in [-0.39, 0.29) is 36.4 Å². The van der Waals surface area contributed by atoms with Crippen LogP contribution in [0.15, 0.2) is 132 Å². The highest BCUT2D eigenvalue weighted by Crippen LogP contribution is 2.40. The first-order chi connectivity index (χ1) is 28.3. The van der Waals surface area contributed by atoms with E-state index in [1.807, 2.05) is 49.4 Å². The molecule has 0 heterocycles. The second-order valence-corrected chi connectivity index (χ2v) is 20.8. The fraction of sp³-hybridized carbons (Fsp3) is 0.460. The minimum atomic E-state index is -2.87. The van der Waals surface area contributed by atoms with Crippen molar-refractivity contribution < 1.29 is 38.0 Å². The van der Waals surface area contributed by atoms with Gasteiger partial charge in [0, 0.05) is 26.4 Å². The maximum Gasteiger partial charge on any atom is 0.331 e. The zero-order chi connectivity index (χ0) is 42.8. The van der Waals surface area contributed by atoms with Crippen molar-refractivity contribution in [1.29, 1.82) is 0 Å². The maximum absolute atomic E-state index is 13.2. The van der Waals surface area contributed by atoms with Gasteiger partial charge in [-0.1, -0.05) is 118 Å². The number of benzene rings is 3. The van der Waals surface area contributed by atoms with E-state index in [0.717, 1.165) is 40.0 Å². The molecule has 0 amide bonds. The van der Waals surface area contributed by atoms with Crippen LogP contribution < -0.4 is 15.1 Å². The Morgan fingerprint density at radius 2 is 1.58 bits per heavy atom. The Kier molecular flexibility index (Phi) is 19.1. The summed E-state index contributed by atoms with van der Waals surface area (Å²) in [6.45, 7) is 18.8. The molecule has 4 atom stereocenters. The highest BCUT2D eigenvalue weighted by Gasteiger charge is 2.50. The SMILES string of the molecule is C=C(C)[C@@H]1CC=C(C)[C@H](OCOC)[C@H]1C[C@H](O)/C=C(CCO[Si](c1ccccc1)(c1ccccc1)C(C)(C)C)/C(=C/C(=O)OCC)CCCOCc1ccc(OC)cc1. The monoisotopic (exact) mass is 824 g/mol. The first-order valence-corrected chi connectivity index (χ1v) is 22.9. The Balaban J connectivity index is 1.70. The molecule has 0 saturated heterocycles. The average molecular weight is 825 g/mol. The van der Waals surface area contributed by atoms with Gasteiger partial charge in [0.25, 0.3) is 8.32 Å².